The molecule has 2 aliphatic rings. The molecule has 1 aliphatic carbocycles. The van der Waals surface area contributed by atoms with E-state index in [1.54, 1.807) is 0 Å². The molecule has 31 heavy (non-hydrogen) atoms. The maximum atomic E-state index is 5.02. The zero-order valence-electron chi connectivity index (χ0n) is 18.7. The van der Waals surface area contributed by atoms with E-state index in [0.29, 0.717) is 12.5 Å². The Morgan fingerprint density at radius 2 is 1.87 bits per heavy atom. The minimum absolute atomic E-state index is 0.356. The standard InChI is InChI=1S/C24H31N7/c1-4-22-28-20-8-5-17-14-27-21(29-23(17)24(20)31(22)16(2)3)13-18-6-7-19(15-26-18)30-11-9-25-10-12-30/h6-7,14-16,25H,4-5,8-13H2,1-3H3. The van der Waals surface area contributed by atoms with Crippen LogP contribution >= 0.6 is 0 Å². The molecule has 4 heterocycles. The van der Waals surface area contributed by atoms with E-state index in [2.05, 4.69) is 52.7 Å². The van der Waals surface area contributed by atoms with Gasteiger partial charge in [0.25, 0.3) is 0 Å². The third kappa shape index (κ3) is 3.82. The highest BCUT2D eigenvalue weighted by Gasteiger charge is 2.27. The SMILES string of the molecule is CCc1nc2c(n1C(C)C)-c1nc(Cc3ccc(N4CCNCC4)cn3)ncc1CC2. The maximum absolute atomic E-state index is 5.02. The van der Waals surface area contributed by atoms with Crippen molar-refractivity contribution in [1.82, 2.24) is 29.8 Å². The summed E-state index contributed by atoms with van der Waals surface area (Å²) in [7, 11) is 0. The van der Waals surface area contributed by atoms with Gasteiger partial charge >= 0.3 is 0 Å². The zero-order chi connectivity index (χ0) is 21.4. The van der Waals surface area contributed by atoms with Crippen LogP contribution in [0.3, 0.4) is 0 Å². The van der Waals surface area contributed by atoms with Crippen LogP contribution in [0, 0.1) is 0 Å². The van der Waals surface area contributed by atoms with Crippen molar-refractivity contribution in [3.8, 4) is 11.4 Å². The van der Waals surface area contributed by atoms with Crippen LogP contribution < -0.4 is 10.2 Å². The first-order valence-corrected chi connectivity index (χ1v) is 11.5. The summed E-state index contributed by atoms with van der Waals surface area (Å²) in [5, 5.41) is 3.39. The fourth-order valence-electron chi connectivity index (χ4n) is 4.72. The van der Waals surface area contributed by atoms with Gasteiger partial charge in [0.15, 0.2) is 0 Å². The van der Waals surface area contributed by atoms with Crippen molar-refractivity contribution >= 4 is 5.69 Å². The summed E-state index contributed by atoms with van der Waals surface area (Å²) in [5.41, 5.74) is 6.85. The summed E-state index contributed by atoms with van der Waals surface area (Å²) < 4.78 is 2.37. The molecule has 0 spiro atoms. The van der Waals surface area contributed by atoms with Gasteiger partial charge in [-0.15, -0.1) is 0 Å². The van der Waals surface area contributed by atoms with E-state index in [0.717, 1.165) is 68.5 Å². The first-order chi connectivity index (χ1) is 15.1. The van der Waals surface area contributed by atoms with Crippen LogP contribution in [0.1, 0.15) is 55.4 Å². The van der Waals surface area contributed by atoms with E-state index >= 15 is 0 Å². The maximum Gasteiger partial charge on any atom is 0.134 e. The highest BCUT2D eigenvalue weighted by atomic mass is 15.2. The Balaban J connectivity index is 1.43. The molecule has 0 atom stereocenters. The minimum Gasteiger partial charge on any atom is -0.368 e. The van der Waals surface area contributed by atoms with Gasteiger partial charge in [-0.05, 0) is 44.4 Å². The second-order valence-corrected chi connectivity index (χ2v) is 8.72. The number of rotatable bonds is 5. The summed E-state index contributed by atoms with van der Waals surface area (Å²) in [6.45, 7) is 10.7. The molecule has 7 heteroatoms. The minimum atomic E-state index is 0.356. The third-order valence-corrected chi connectivity index (χ3v) is 6.29. The number of aryl methyl sites for hydroxylation is 3. The smallest absolute Gasteiger partial charge is 0.134 e. The van der Waals surface area contributed by atoms with Crippen molar-refractivity contribution in [2.75, 3.05) is 31.1 Å². The van der Waals surface area contributed by atoms with Crippen LogP contribution in [0.4, 0.5) is 5.69 Å². The summed E-state index contributed by atoms with van der Waals surface area (Å²) in [4.78, 5) is 21.7. The molecule has 162 valence electrons. The molecule has 5 rings (SSSR count). The molecule has 1 fully saturated rings. The third-order valence-electron chi connectivity index (χ3n) is 6.29. The predicted octanol–water partition coefficient (Wildman–Crippen LogP) is 2.98. The van der Waals surface area contributed by atoms with E-state index in [-0.39, 0.29) is 0 Å². The molecule has 0 bridgehead atoms. The number of aromatic nitrogens is 5. The molecule has 0 aromatic carbocycles. The molecule has 0 unspecified atom stereocenters. The molecule has 1 aliphatic heterocycles. The van der Waals surface area contributed by atoms with Gasteiger partial charge in [-0.1, -0.05) is 6.92 Å². The van der Waals surface area contributed by atoms with Gasteiger partial charge in [0, 0.05) is 50.5 Å². The largest absolute Gasteiger partial charge is 0.368 e. The molecule has 3 aromatic rings. The lowest BCUT2D eigenvalue weighted by atomic mass is 9.97. The predicted molar refractivity (Wildman–Crippen MR) is 123 cm³/mol. The Morgan fingerprint density at radius 1 is 1.03 bits per heavy atom. The Hall–Kier alpha value is -2.80. The molecule has 7 nitrogen and oxygen atoms in total. The van der Waals surface area contributed by atoms with Gasteiger partial charge < -0.3 is 14.8 Å². The van der Waals surface area contributed by atoms with Crippen LogP contribution in [0.5, 0.6) is 0 Å². The topological polar surface area (TPSA) is 71.8 Å². The zero-order valence-corrected chi connectivity index (χ0v) is 18.7. The van der Waals surface area contributed by atoms with Gasteiger partial charge in [-0.3, -0.25) is 4.98 Å². The summed E-state index contributed by atoms with van der Waals surface area (Å²) in [6.07, 6.45) is 7.49. The number of hydrogen-bond acceptors (Lipinski definition) is 6. The molecule has 1 N–H and O–H groups in total. The number of nitrogens with one attached hydrogen (secondary N) is 1. The number of nitrogens with zero attached hydrogens (tertiary/aromatic N) is 6. The van der Waals surface area contributed by atoms with Crippen molar-refractivity contribution in [3.63, 3.8) is 0 Å². The van der Waals surface area contributed by atoms with Crippen LogP contribution in [0.15, 0.2) is 24.5 Å². The second-order valence-electron chi connectivity index (χ2n) is 8.72. The van der Waals surface area contributed by atoms with Crippen LogP contribution in [-0.4, -0.2) is 50.7 Å². The van der Waals surface area contributed by atoms with Crippen molar-refractivity contribution in [1.29, 1.82) is 0 Å². The monoisotopic (exact) mass is 417 g/mol. The van der Waals surface area contributed by atoms with Crippen LogP contribution in [-0.2, 0) is 25.7 Å². The molecular weight excluding hydrogens is 386 g/mol. The number of imidazole rings is 1. The van der Waals surface area contributed by atoms with Gasteiger partial charge in [-0.2, -0.15) is 0 Å². The fourth-order valence-corrected chi connectivity index (χ4v) is 4.72. The Morgan fingerprint density at radius 3 is 2.58 bits per heavy atom. The van der Waals surface area contributed by atoms with E-state index < -0.39 is 0 Å². The first kappa shape index (κ1) is 20.1. The van der Waals surface area contributed by atoms with E-state index in [1.165, 1.54) is 22.6 Å². The van der Waals surface area contributed by atoms with Gasteiger partial charge in [0.05, 0.1) is 35.4 Å². The lowest BCUT2D eigenvalue weighted by Gasteiger charge is -2.29. The van der Waals surface area contributed by atoms with E-state index in [4.69, 9.17) is 15.0 Å². The number of piperazine rings is 1. The van der Waals surface area contributed by atoms with Crippen molar-refractivity contribution in [3.05, 3.63) is 53.1 Å². The molecule has 0 saturated carbocycles. The molecule has 1 saturated heterocycles. The Kier molecular flexibility index (Phi) is 5.44. The lowest BCUT2D eigenvalue weighted by Crippen LogP contribution is -2.43. The van der Waals surface area contributed by atoms with Crippen molar-refractivity contribution in [2.24, 2.45) is 0 Å². The van der Waals surface area contributed by atoms with E-state index in [1.807, 2.05) is 12.4 Å². The van der Waals surface area contributed by atoms with Gasteiger partial charge in [-0.25, -0.2) is 15.0 Å². The average Bonchev–Trinajstić information content (AvgIpc) is 3.20. The Bertz CT molecular complexity index is 1060. The number of anilines is 1. The quantitative estimate of drug-likeness (QED) is 0.688. The van der Waals surface area contributed by atoms with Crippen LogP contribution in [0.2, 0.25) is 0 Å². The van der Waals surface area contributed by atoms with Crippen molar-refractivity contribution < 1.29 is 0 Å². The van der Waals surface area contributed by atoms with Gasteiger partial charge in [0.1, 0.15) is 11.6 Å². The number of hydrogen-bond donors (Lipinski definition) is 1. The second kappa shape index (κ2) is 8.38. The summed E-state index contributed by atoms with van der Waals surface area (Å²) in [5.74, 6) is 1.97. The normalized spacial score (nSPS) is 15.8. The summed E-state index contributed by atoms with van der Waals surface area (Å²) in [6, 6.07) is 4.64. The highest BCUT2D eigenvalue weighted by molar-refractivity contribution is 5.65. The number of fused-ring (bicyclic) bond motifs is 3. The molecule has 0 radical (unpaired) electrons. The fraction of sp³-hybridized carbons (Fsp3) is 0.500. The molecular formula is C24H31N7. The first-order valence-electron chi connectivity index (χ1n) is 11.5. The van der Waals surface area contributed by atoms with Gasteiger partial charge in [0.2, 0.25) is 0 Å². The Labute approximate surface area is 184 Å². The molecule has 3 aromatic heterocycles. The molecule has 0 amide bonds. The lowest BCUT2D eigenvalue weighted by molar-refractivity contribution is 0.575. The highest BCUT2D eigenvalue weighted by Crippen LogP contribution is 2.35. The van der Waals surface area contributed by atoms with Crippen LogP contribution in [0.25, 0.3) is 11.4 Å². The van der Waals surface area contributed by atoms with E-state index in [9.17, 15) is 0 Å². The van der Waals surface area contributed by atoms with Crippen molar-refractivity contribution in [2.45, 2.75) is 52.5 Å². The average molecular weight is 418 g/mol. The number of pyridine rings is 1. The summed E-state index contributed by atoms with van der Waals surface area (Å²) >= 11 is 0.